The number of aryl methyl sites for hydroxylation is 1. The Balaban J connectivity index is 1.72. The number of nitrogens with two attached hydrogens (primary N) is 1. The minimum atomic E-state index is -0.292. The fourth-order valence-electron chi connectivity index (χ4n) is 4.25. The van der Waals surface area contributed by atoms with Crippen LogP contribution in [0.5, 0.6) is 5.75 Å². The second kappa shape index (κ2) is 7.46. The van der Waals surface area contributed by atoms with Crippen LogP contribution in [0.2, 0.25) is 0 Å². The van der Waals surface area contributed by atoms with Gasteiger partial charge in [0.1, 0.15) is 5.75 Å². The van der Waals surface area contributed by atoms with E-state index in [1.165, 1.54) is 11.1 Å². The van der Waals surface area contributed by atoms with Gasteiger partial charge in [0, 0.05) is 19.0 Å². The van der Waals surface area contributed by atoms with Crippen molar-refractivity contribution in [2.45, 2.75) is 57.4 Å². The standard InChI is InChI=1S/C20H28N2O3/c1-13-6-7-16(20(21)24)12-22(13)19(23)11-15-5-3-4-14-10-17(25-2)8-9-18(14)15/h8-10,13,15-16H,3-7,11-12H2,1-2H3,(H2,21,24)/t13-,15+,16-/m0/s1. The molecule has 25 heavy (non-hydrogen) atoms. The Hall–Kier alpha value is -2.04. The summed E-state index contributed by atoms with van der Waals surface area (Å²) >= 11 is 0. The first-order valence-electron chi connectivity index (χ1n) is 9.25. The second-order valence-electron chi connectivity index (χ2n) is 7.43. The fourth-order valence-corrected chi connectivity index (χ4v) is 4.25. The van der Waals surface area contributed by atoms with E-state index >= 15 is 0 Å². The number of primary amides is 1. The molecule has 1 aromatic carbocycles. The van der Waals surface area contributed by atoms with E-state index in [0.29, 0.717) is 13.0 Å². The van der Waals surface area contributed by atoms with E-state index in [-0.39, 0.29) is 29.7 Å². The maximum atomic E-state index is 12.9. The molecule has 0 unspecified atom stereocenters. The van der Waals surface area contributed by atoms with Crippen LogP contribution in [0.25, 0.3) is 0 Å². The van der Waals surface area contributed by atoms with Crippen molar-refractivity contribution < 1.29 is 14.3 Å². The fraction of sp³-hybridized carbons (Fsp3) is 0.600. The normalized spacial score (nSPS) is 26.0. The highest BCUT2D eigenvalue weighted by molar-refractivity contribution is 5.81. The number of fused-ring (bicyclic) bond motifs is 1. The van der Waals surface area contributed by atoms with Gasteiger partial charge in [-0.25, -0.2) is 0 Å². The Morgan fingerprint density at radius 1 is 1.28 bits per heavy atom. The number of carbonyl (C=O) groups is 2. The van der Waals surface area contributed by atoms with Crippen molar-refractivity contribution in [2.24, 2.45) is 11.7 Å². The van der Waals surface area contributed by atoms with Crippen LogP contribution in [0, 0.1) is 5.92 Å². The van der Waals surface area contributed by atoms with E-state index < -0.39 is 0 Å². The molecule has 1 saturated heterocycles. The van der Waals surface area contributed by atoms with Crippen molar-refractivity contribution in [3.05, 3.63) is 29.3 Å². The van der Waals surface area contributed by atoms with E-state index in [4.69, 9.17) is 10.5 Å². The van der Waals surface area contributed by atoms with Gasteiger partial charge in [0.05, 0.1) is 13.0 Å². The first-order chi connectivity index (χ1) is 12.0. The molecule has 0 spiro atoms. The van der Waals surface area contributed by atoms with Gasteiger partial charge in [-0.05, 0) is 68.2 Å². The van der Waals surface area contributed by atoms with Gasteiger partial charge >= 0.3 is 0 Å². The van der Waals surface area contributed by atoms with Gasteiger partial charge in [0.2, 0.25) is 11.8 Å². The summed E-state index contributed by atoms with van der Waals surface area (Å²) in [4.78, 5) is 26.3. The first-order valence-corrected chi connectivity index (χ1v) is 9.25. The minimum Gasteiger partial charge on any atom is -0.497 e. The molecule has 2 aliphatic rings. The highest BCUT2D eigenvalue weighted by Gasteiger charge is 2.33. The lowest BCUT2D eigenvalue weighted by atomic mass is 9.80. The van der Waals surface area contributed by atoms with Crippen LogP contribution >= 0.6 is 0 Å². The summed E-state index contributed by atoms with van der Waals surface area (Å²) in [5, 5.41) is 0. The van der Waals surface area contributed by atoms with E-state index in [1.807, 2.05) is 11.0 Å². The maximum absolute atomic E-state index is 12.9. The van der Waals surface area contributed by atoms with Gasteiger partial charge in [-0.15, -0.1) is 0 Å². The number of methoxy groups -OCH3 is 1. The maximum Gasteiger partial charge on any atom is 0.223 e. The van der Waals surface area contributed by atoms with Crippen molar-refractivity contribution in [3.63, 3.8) is 0 Å². The van der Waals surface area contributed by atoms with Crippen LogP contribution in [0.4, 0.5) is 0 Å². The van der Waals surface area contributed by atoms with E-state index in [9.17, 15) is 9.59 Å². The molecule has 0 radical (unpaired) electrons. The molecule has 5 nitrogen and oxygen atoms in total. The van der Waals surface area contributed by atoms with Crippen LogP contribution in [-0.2, 0) is 16.0 Å². The predicted octanol–water partition coefficient (Wildman–Crippen LogP) is 2.62. The summed E-state index contributed by atoms with van der Waals surface area (Å²) in [7, 11) is 1.68. The average molecular weight is 344 g/mol. The number of ether oxygens (including phenoxy) is 1. The number of nitrogens with zero attached hydrogens (tertiary/aromatic N) is 1. The van der Waals surface area contributed by atoms with Crippen molar-refractivity contribution in [1.82, 2.24) is 4.90 Å². The topological polar surface area (TPSA) is 72.6 Å². The first kappa shape index (κ1) is 17.8. The van der Waals surface area contributed by atoms with Crippen molar-refractivity contribution in [3.8, 4) is 5.75 Å². The molecule has 3 rings (SSSR count). The lowest BCUT2D eigenvalue weighted by Gasteiger charge is -2.38. The number of rotatable bonds is 4. The average Bonchev–Trinajstić information content (AvgIpc) is 2.61. The number of amides is 2. The Morgan fingerprint density at radius 2 is 2.08 bits per heavy atom. The quantitative estimate of drug-likeness (QED) is 0.912. The molecular formula is C20H28N2O3. The van der Waals surface area contributed by atoms with Crippen LogP contribution in [0.15, 0.2) is 18.2 Å². The molecule has 1 aliphatic heterocycles. The number of hydrogen-bond donors (Lipinski definition) is 1. The lowest BCUT2D eigenvalue weighted by Crippen LogP contribution is -2.48. The van der Waals surface area contributed by atoms with Crippen molar-refractivity contribution in [2.75, 3.05) is 13.7 Å². The van der Waals surface area contributed by atoms with E-state index in [2.05, 4.69) is 19.1 Å². The predicted molar refractivity (Wildman–Crippen MR) is 96.4 cm³/mol. The van der Waals surface area contributed by atoms with Gasteiger partial charge in [-0.2, -0.15) is 0 Å². The molecule has 1 fully saturated rings. The van der Waals surface area contributed by atoms with Crippen LogP contribution < -0.4 is 10.5 Å². The third kappa shape index (κ3) is 3.80. The number of carbonyl (C=O) groups excluding carboxylic acids is 2. The highest BCUT2D eigenvalue weighted by atomic mass is 16.5. The lowest BCUT2D eigenvalue weighted by molar-refractivity contribution is -0.138. The summed E-state index contributed by atoms with van der Waals surface area (Å²) in [6.45, 7) is 2.53. The molecule has 2 N–H and O–H groups in total. The molecule has 5 heteroatoms. The molecular weight excluding hydrogens is 316 g/mol. The zero-order valence-electron chi connectivity index (χ0n) is 15.2. The number of likely N-dealkylation sites (tertiary alicyclic amines) is 1. The Morgan fingerprint density at radius 3 is 2.80 bits per heavy atom. The minimum absolute atomic E-state index is 0.145. The van der Waals surface area contributed by atoms with Gasteiger partial charge < -0.3 is 15.4 Å². The molecule has 1 aliphatic carbocycles. The molecule has 0 saturated carbocycles. The number of piperidine rings is 1. The molecule has 2 amide bonds. The third-order valence-corrected chi connectivity index (χ3v) is 5.81. The van der Waals surface area contributed by atoms with Crippen LogP contribution in [0.3, 0.4) is 0 Å². The number of benzene rings is 1. The SMILES string of the molecule is COc1ccc2c(c1)CCC[C@@H]2CC(=O)N1C[C@@H](C(N)=O)CC[C@@H]1C. The molecule has 3 atom stereocenters. The van der Waals surface area contributed by atoms with Gasteiger partial charge in [-0.3, -0.25) is 9.59 Å². The largest absolute Gasteiger partial charge is 0.497 e. The Kier molecular flexibility index (Phi) is 5.30. The Bertz CT molecular complexity index is 658. The zero-order chi connectivity index (χ0) is 18.0. The summed E-state index contributed by atoms with van der Waals surface area (Å²) in [6.07, 6.45) is 5.31. The van der Waals surface area contributed by atoms with Gasteiger partial charge in [0.15, 0.2) is 0 Å². The van der Waals surface area contributed by atoms with Crippen LogP contribution in [0.1, 0.15) is 56.1 Å². The summed E-state index contributed by atoms with van der Waals surface area (Å²) in [5.74, 6) is 0.776. The molecule has 0 bridgehead atoms. The van der Waals surface area contributed by atoms with E-state index in [0.717, 1.165) is 37.9 Å². The third-order valence-electron chi connectivity index (χ3n) is 5.81. The summed E-state index contributed by atoms with van der Waals surface area (Å²) in [6, 6.07) is 6.37. The Labute approximate surface area is 149 Å². The molecule has 0 aromatic heterocycles. The van der Waals surface area contributed by atoms with E-state index in [1.54, 1.807) is 7.11 Å². The van der Waals surface area contributed by atoms with Gasteiger partial charge in [0.25, 0.3) is 0 Å². The zero-order valence-corrected chi connectivity index (χ0v) is 15.2. The second-order valence-corrected chi connectivity index (χ2v) is 7.43. The van der Waals surface area contributed by atoms with Crippen molar-refractivity contribution >= 4 is 11.8 Å². The highest BCUT2D eigenvalue weighted by Crippen LogP contribution is 2.36. The summed E-state index contributed by atoms with van der Waals surface area (Å²) in [5.41, 5.74) is 8.03. The molecule has 136 valence electrons. The molecule has 1 aromatic rings. The summed E-state index contributed by atoms with van der Waals surface area (Å²) < 4.78 is 5.32. The smallest absolute Gasteiger partial charge is 0.223 e. The van der Waals surface area contributed by atoms with Crippen LogP contribution in [-0.4, -0.2) is 36.4 Å². The molecule has 1 heterocycles. The van der Waals surface area contributed by atoms with Gasteiger partial charge in [-0.1, -0.05) is 6.07 Å². The monoisotopic (exact) mass is 344 g/mol. The van der Waals surface area contributed by atoms with Crippen molar-refractivity contribution in [1.29, 1.82) is 0 Å². The number of hydrogen-bond acceptors (Lipinski definition) is 3.